The fourth-order valence-corrected chi connectivity index (χ4v) is 4.01. The molecule has 1 aliphatic rings. The molecule has 0 radical (unpaired) electrons. The van der Waals surface area contributed by atoms with Crippen LogP contribution >= 0.6 is 0 Å². The maximum absolute atomic E-state index is 14.1. The molecule has 3 heterocycles. The zero-order valence-electron chi connectivity index (χ0n) is 15.2. The van der Waals surface area contributed by atoms with Gasteiger partial charge in [-0.1, -0.05) is 18.2 Å². The summed E-state index contributed by atoms with van der Waals surface area (Å²) in [5.41, 5.74) is 3.91. The molecule has 0 N–H and O–H groups in total. The Balaban J connectivity index is 1.43. The number of fused-ring (bicyclic) bond motifs is 1. The van der Waals surface area contributed by atoms with Gasteiger partial charge in [-0.2, -0.15) is 0 Å². The van der Waals surface area contributed by atoms with Gasteiger partial charge in [0.25, 0.3) is 0 Å². The second-order valence-corrected chi connectivity index (χ2v) is 7.34. The number of piperidine rings is 1. The summed E-state index contributed by atoms with van der Waals surface area (Å²) >= 11 is 0. The largest absolute Gasteiger partial charge is 0.299 e. The Hall–Kier alpha value is -2.33. The van der Waals surface area contributed by atoms with Crippen molar-refractivity contribution in [3.63, 3.8) is 0 Å². The predicted molar refractivity (Wildman–Crippen MR) is 102 cm³/mol. The van der Waals surface area contributed by atoms with Crippen molar-refractivity contribution in [1.82, 2.24) is 14.9 Å². The molecule has 1 fully saturated rings. The van der Waals surface area contributed by atoms with Crippen LogP contribution in [0.4, 0.5) is 4.39 Å². The molecular weight excluding hydrogens is 325 g/mol. The van der Waals surface area contributed by atoms with Crippen molar-refractivity contribution in [2.75, 3.05) is 13.1 Å². The fraction of sp³-hybridized carbons (Fsp3) is 0.364. The predicted octanol–water partition coefficient (Wildman–Crippen LogP) is 4.53. The highest BCUT2D eigenvalue weighted by atomic mass is 19.1. The standard InChI is InChI=1S/C22H24FN3/c1-16-12-19(20-5-2-6-21(23)22(20)25-16)13-17-7-10-26(11-8-17)15-18-4-3-9-24-14-18/h2-6,9,12,14,17H,7-8,10-11,13,15H2,1H3. The van der Waals surface area contributed by atoms with Crippen molar-refractivity contribution in [3.8, 4) is 0 Å². The van der Waals surface area contributed by atoms with Crippen LogP contribution in [0.1, 0.15) is 29.7 Å². The first-order chi connectivity index (χ1) is 12.7. The quantitative estimate of drug-likeness (QED) is 0.693. The van der Waals surface area contributed by atoms with Gasteiger partial charge in [0, 0.05) is 30.0 Å². The van der Waals surface area contributed by atoms with Crippen LogP contribution in [0, 0.1) is 18.7 Å². The second-order valence-electron chi connectivity index (χ2n) is 7.34. The lowest BCUT2D eigenvalue weighted by Gasteiger charge is -2.32. The van der Waals surface area contributed by atoms with Crippen LogP contribution in [0.2, 0.25) is 0 Å². The normalized spacial score (nSPS) is 16.2. The smallest absolute Gasteiger partial charge is 0.149 e. The van der Waals surface area contributed by atoms with Gasteiger partial charge in [0.1, 0.15) is 11.3 Å². The van der Waals surface area contributed by atoms with E-state index in [9.17, 15) is 4.39 Å². The molecule has 0 unspecified atom stereocenters. The van der Waals surface area contributed by atoms with Crippen LogP contribution in [0.15, 0.2) is 48.8 Å². The number of para-hydroxylation sites is 1. The third-order valence-electron chi connectivity index (χ3n) is 5.35. The van der Waals surface area contributed by atoms with E-state index in [4.69, 9.17) is 0 Å². The summed E-state index contributed by atoms with van der Waals surface area (Å²) in [7, 11) is 0. The van der Waals surface area contributed by atoms with Gasteiger partial charge in [0.2, 0.25) is 0 Å². The average molecular weight is 349 g/mol. The van der Waals surface area contributed by atoms with E-state index in [1.54, 1.807) is 6.07 Å². The SMILES string of the molecule is Cc1cc(CC2CCN(Cc3cccnc3)CC2)c2cccc(F)c2n1. The van der Waals surface area contributed by atoms with E-state index in [0.29, 0.717) is 11.4 Å². The lowest BCUT2D eigenvalue weighted by Crippen LogP contribution is -2.33. The van der Waals surface area contributed by atoms with Crippen molar-refractivity contribution in [2.24, 2.45) is 5.92 Å². The number of hydrogen-bond donors (Lipinski definition) is 0. The first-order valence-electron chi connectivity index (χ1n) is 9.35. The van der Waals surface area contributed by atoms with Crippen LogP contribution in [-0.2, 0) is 13.0 Å². The van der Waals surface area contributed by atoms with Crippen LogP contribution < -0.4 is 0 Å². The van der Waals surface area contributed by atoms with Gasteiger partial charge in [0.05, 0.1) is 0 Å². The molecule has 0 amide bonds. The average Bonchev–Trinajstić information content (AvgIpc) is 2.65. The zero-order valence-corrected chi connectivity index (χ0v) is 15.2. The van der Waals surface area contributed by atoms with Gasteiger partial charge in [0.15, 0.2) is 0 Å². The highest BCUT2D eigenvalue weighted by molar-refractivity contribution is 5.83. The highest BCUT2D eigenvalue weighted by Gasteiger charge is 2.21. The molecule has 0 aliphatic carbocycles. The number of rotatable bonds is 4. The molecule has 0 atom stereocenters. The Morgan fingerprint density at radius 3 is 2.77 bits per heavy atom. The monoisotopic (exact) mass is 349 g/mol. The zero-order chi connectivity index (χ0) is 17.9. The van der Waals surface area contributed by atoms with Gasteiger partial charge < -0.3 is 0 Å². The number of pyridine rings is 2. The third kappa shape index (κ3) is 3.75. The lowest BCUT2D eigenvalue weighted by molar-refractivity contribution is 0.177. The van der Waals surface area contributed by atoms with E-state index in [2.05, 4.69) is 27.0 Å². The molecule has 0 bridgehead atoms. The molecule has 0 saturated carbocycles. The first kappa shape index (κ1) is 17.1. The minimum atomic E-state index is -0.223. The molecule has 1 aliphatic heterocycles. The number of aromatic nitrogens is 2. The van der Waals surface area contributed by atoms with E-state index in [1.807, 2.05) is 31.5 Å². The molecule has 0 spiro atoms. The van der Waals surface area contributed by atoms with Crippen LogP contribution in [-0.4, -0.2) is 28.0 Å². The number of hydrogen-bond acceptors (Lipinski definition) is 3. The van der Waals surface area contributed by atoms with Gasteiger partial charge in [-0.3, -0.25) is 14.9 Å². The van der Waals surface area contributed by atoms with Gasteiger partial charge in [-0.05, 0) is 74.5 Å². The summed E-state index contributed by atoms with van der Waals surface area (Å²) in [5.74, 6) is 0.423. The van der Waals surface area contributed by atoms with E-state index in [0.717, 1.165) is 37.1 Å². The summed E-state index contributed by atoms with van der Waals surface area (Å²) < 4.78 is 14.1. The van der Waals surface area contributed by atoms with Crippen LogP contribution in [0.5, 0.6) is 0 Å². The minimum Gasteiger partial charge on any atom is -0.299 e. The molecule has 1 aromatic carbocycles. The molecule has 26 heavy (non-hydrogen) atoms. The Labute approximate surface area is 153 Å². The first-order valence-corrected chi connectivity index (χ1v) is 9.35. The van der Waals surface area contributed by atoms with E-state index in [-0.39, 0.29) is 5.82 Å². The number of aryl methyl sites for hydroxylation is 1. The van der Waals surface area contributed by atoms with Crippen molar-refractivity contribution >= 4 is 10.9 Å². The number of halogens is 1. The third-order valence-corrected chi connectivity index (χ3v) is 5.35. The Bertz CT molecular complexity index is 887. The van der Waals surface area contributed by atoms with Gasteiger partial charge in [-0.25, -0.2) is 4.39 Å². The Kier molecular flexibility index (Phi) is 4.93. The van der Waals surface area contributed by atoms with Crippen molar-refractivity contribution in [1.29, 1.82) is 0 Å². The van der Waals surface area contributed by atoms with Crippen molar-refractivity contribution in [2.45, 2.75) is 32.7 Å². The second kappa shape index (κ2) is 7.50. The van der Waals surface area contributed by atoms with Crippen LogP contribution in [0.3, 0.4) is 0 Å². The maximum atomic E-state index is 14.1. The molecule has 4 rings (SSSR count). The topological polar surface area (TPSA) is 29.0 Å². The van der Waals surface area contributed by atoms with E-state index < -0.39 is 0 Å². The summed E-state index contributed by atoms with van der Waals surface area (Å²) in [4.78, 5) is 11.1. The minimum absolute atomic E-state index is 0.223. The molecule has 2 aromatic heterocycles. The Morgan fingerprint density at radius 2 is 2.00 bits per heavy atom. The van der Waals surface area contributed by atoms with Crippen molar-refractivity contribution in [3.05, 3.63) is 71.4 Å². The summed E-state index contributed by atoms with van der Waals surface area (Å²) in [6.45, 7) is 5.14. The van der Waals surface area contributed by atoms with Gasteiger partial charge >= 0.3 is 0 Å². The van der Waals surface area contributed by atoms with Gasteiger partial charge in [-0.15, -0.1) is 0 Å². The molecule has 3 nitrogen and oxygen atoms in total. The van der Waals surface area contributed by atoms with E-state index in [1.165, 1.54) is 30.0 Å². The summed E-state index contributed by atoms with van der Waals surface area (Å²) in [6, 6.07) is 11.5. The van der Waals surface area contributed by atoms with E-state index >= 15 is 0 Å². The molecule has 4 heteroatoms. The number of nitrogens with zero attached hydrogens (tertiary/aromatic N) is 3. The molecule has 1 saturated heterocycles. The number of benzene rings is 1. The molecule has 3 aromatic rings. The summed E-state index contributed by atoms with van der Waals surface area (Å²) in [6.07, 6.45) is 7.13. The summed E-state index contributed by atoms with van der Waals surface area (Å²) in [5, 5.41) is 0.966. The molecular formula is C22H24FN3. The number of likely N-dealkylation sites (tertiary alicyclic amines) is 1. The lowest BCUT2D eigenvalue weighted by atomic mass is 9.88. The van der Waals surface area contributed by atoms with Crippen LogP contribution in [0.25, 0.3) is 10.9 Å². The maximum Gasteiger partial charge on any atom is 0.149 e. The highest BCUT2D eigenvalue weighted by Crippen LogP contribution is 2.27. The van der Waals surface area contributed by atoms with Crippen molar-refractivity contribution < 1.29 is 4.39 Å². The fourth-order valence-electron chi connectivity index (χ4n) is 4.01. The Morgan fingerprint density at radius 1 is 1.15 bits per heavy atom. The molecule has 134 valence electrons.